The van der Waals surface area contributed by atoms with Crippen LogP contribution < -0.4 is 0 Å². The van der Waals surface area contributed by atoms with Gasteiger partial charge in [0.15, 0.2) is 5.82 Å². The summed E-state index contributed by atoms with van der Waals surface area (Å²) in [5, 5.41) is 1.15. The van der Waals surface area contributed by atoms with E-state index in [2.05, 4.69) is 15.0 Å². The average Bonchev–Trinajstić information content (AvgIpc) is 3.27. The molecule has 1 aromatic carbocycles. The van der Waals surface area contributed by atoms with Gasteiger partial charge in [0.25, 0.3) is 12.3 Å². The number of carbonyl (C=O) groups is 1. The summed E-state index contributed by atoms with van der Waals surface area (Å²) in [4.78, 5) is 26.7. The van der Waals surface area contributed by atoms with E-state index in [0.29, 0.717) is 35.6 Å². The summed E-state index contributed by atoms with van der Waals surface area (Å²) >= 11 is 1.72. The fourth-order valence-corrected chi connectivity index (χ4v) is 4.28. The van der Waals surface area contributed by atoms with Crippen molar-refractivity contribution in [2.45, 2.75) is 32.1 Å². The van der Waals surface area contributed by atoms with Gasteiger partial charge in [-0.15, -0.1) is 11.3 Å². The van der Waals surface area contributed by atoms with Crippen LogP contribution in [0.1, 0.15) is 51.3 Å². The molecule has 0 unspecified atom stereocenters. The van der Waals surface area contributed by atoms with Crippen molar-refractivity contribution in [1.82, 2.24) is 19.9 Å². The first-order chi connectivity index (χ1) is 12.5. The van der Waals surface area contributed by atoms with Crippen LogP contribution in [0.2, 0.25) is 0 Å². The molecule has 0 radical (unpaired) electrons. The monoisotopic (exact) mass is 376 g/mol. The SMILES string of the molecule is Cc1cnc(C2CCN(C(=O)c3ccc4nc(C(F)F)[nH]c4c3)CC2)s1. The van der Waals surface area contributed by atoms with E-state index in [1.165, 1.54) is 4.88 Å². The summed E-state index contributed by atoms with van der Waals surface area (Å²) in [6.45, 7) is 3.39. The van der Waals surface area contributed by atoms with Gasteiger partial charge in [0.1, 0.15) is 0 Å². The Bertz CT molecular complexity index is 944. The highest BCUT2D eigenvalue weighted by molar-refractivity contribution is 7.11. The minimum absolute atomic E-state index is 0.0751. The minimum atomic E-state index is -2.66. The Hall–Kier alpha value is -2.35. The van der Waals surface area contributed by atoms with Gasteiger partial charge >= 0.3 is 0 Å². The second kappa shape index (κ2) is 6.75. The first-order valence-corrected chi connectivity index (χ1v) is 9.32. The van der Waals surface area contributed by atoms with E-state index >= 15 is 0 Å². The molecular formula is C18H18F2N4OS. The third-order valence-electron chi connectivity index (χ3n) is 4.72. The van der Waals surface area contributed by atoms with Gasteiger partial charge in [0.2, 0.25) is 0 Å². The molecule has 4 rings (SSSR count). The average molecular weight is 376 g/mol. The molecule has 1 fully saturated rings. The summed E-state index contributed by atoms with van der Waals surface area (Å²) in [5.41, 5.74) is 1.39. The zero-order valence-corrected chi connectivity index (χ0v) is 15.0. The smallest absolute Gasteiger partial charge is 0.295 e. The normalized spacial score (nSPS) is 15.9. The lowest BCUT2D eigenvalue weighted by Gasteiger charge is -2.31. The maximum Gasteiger partial charge on any atom is 0.295 e. The number of aryl methyl sites for hydroxylation is 1. The van der Waals surface area contributed by atoms with Crippen LogP contribution in [-0.2, 0) is 0 Å². The largest absolute Gasteiger partial charge is 0.339 e. The Morgan fingerprint density at radius 1 is 1.35 bits per heavy atom. The zero-order valence-electron chi connectivity index (χ0n) is 14.2. The number of alkyl halides is 2. The van der Waals surface area contributed by atoms with Crippen molar-refractivity contribution in [3.05, 3.63) is 45.7 Å². The second-order valence-corrected chi connectivity index (χ2v) is 7.80. The van der Waals surface area contributed by atoms with Gasteiger partial charge in [-0.3, -0.25) is 4.79 Å². The number of nitrogens with zero attached hydrogens (tertiary/aromatic N) is 3. The van der Waals surface area contributed by atoms with Crippen molar-refractivity contribution in [3.63, 3.8) is 0 Å². The molecule has 1 aliphatic rings. The molecule has 1 aliphatic heterocycles. The number of halogens is 2. The van der Waals surface area contributed by atoms with Gasteiger partial charge in [-0.05, 0) is 38.0 Å². The number of hydrogen-bond donors (Lipinski definition) is 1. The van der Waals surface area contributed by atoms with E-state index in [1.807, 2.05) is 18.0 Å². The predicted molar refractivity (Wildman–Crippen MR) is 95.8 cm³/mol. The Morgan fingerprint density at radius 3 is 2.77 bits per heavy atom. The molecular weight excluding hydrogens is 358 g/mol. The first kappa shape index (κ1) is 17.1. The standard InChI is InChI=1S/C18H18F2N4OS/c1-10-9-21-17(26-10)11-4-6-24(7-5-11)18(25)12-2-3-13-14(8-12)23-16(22-13)15(19)20/h2-3,8-9,11,15H,4-7H2,1H3,(H,22,23). The van der Waals surface area contributed by atoms with Crippen molar-refractivity contribution in [2.24, 2.45) is 0 Å². The van der Waals surface area contributed by atoms with Crippen LogP contribution in [0.5, 0.6) is 0 Å². The maximum absolute atomic E-state index is 12.8. The fourth-order valence-electron chi connectivity index (χ4n) is 3.34. The lowest BCUT2D eigenvalue weighted by molar-refractivity contribution is 0.0713. The molecule has 26 heavy (non-hydrogen) atoms. The van der Waals surface area contributed by atoms with Crippen molar-refractivity contribution >= 4 is 28.3 Å². The Labute approximate surface area is 153 Å². The van der Waals surface area contributed by atoms with E-state index in [4.69, 9.17) is 0 Å². The van der Waals surface area contributed by atoms with Crippen LogP contribution in [0.4, 0.5) is 8.78 Å². The number of aromatic nitrogens is 3. The topological polar surface area (TPSA) is 61.9 Å². The van der Waals surface area contributed by atoms with E-state index in [0.717, 1.165) is 17.8 Å². The van der Waals surface area contributed by atoms with E-state index in [-0.39, 0.29) is 11.7 Å². The summed E-state index contributed by atoms with van der Waals surface area (Å²) < 4.78 is 25.5. The van der Waals surface area contributed by atoms with Gasteiger partial charge in [0.05, 0.1) is 16.0 Å². The number of piperidine rings is 1. The van der Waals surface area contributed by atoms with Gasteiger partial charge in [-0.25, -0.2) is 18.7 Å². The highest BCUT2D eigenvalue weighted by Gasteiger charge is 2.26. The summed E-state index contributed by atoms with van der Waals surface area (Å²) in [6, 6.07) is 4.86. The molecule has 0 bridgehead atoms. The second-order valence-electron chi connectivity index (χ2n) is 6.53. The summed E-state index contributed by atoms with van der Waals surface area (Å²) in [7, 11) is 0. The highest BCUT2D eigenvalue weighted by Crippen LogP contribution is 2.31. The molecule has 136 valence electrons. The minimum Gasteiger partial charge on any atom is -0.339 e. The number of thiazole rings is 1. The Kier molecular flexibility index (Phi) is 4.44. The van der Waals surface area contributed by atoms with Crippen molar-refractivity contribution in [2.75, 3.05) is 13.1 Å². The maximum atomic E-state index is 12.8. The number of imidazole rings is 1. The number of aromatic amines is 1. The van der Waals surface area contributed by atoms with Gasteiger partial charge in [0, 0.05) is 35.6 Å². The number of hydrogen-bond acceptors (Lipinski definition) is 4. The molecule has 3 aromatic rings. The summed E-state index contributed by atoms with van der Waals surface area (Å²) in [6.07, 6.45) is 1.02. The molecule has 3 heterocycles. The number of carbonyl (C=O) groups excluding carboxylic acids is 1. The molecule has 5 nitrogen and oxygen atoms in total. The Balaban J connectivity index is 1.47. The molecule has 2 aromatic heterocycles. The van der Waals surface area contributed by atoms with Crippen LogP contribution in [0.25, 0.3) is 11.0 Å². The number of H-pyrrole nitrogens is 1. The van der Waals surface area contributed by atoms with E-state index in [1.54, 1.807) is 29.5 Å². The van der Waals surface area contributed by atoms with Gasteiger partial charge in [-0.2, -0.15) is 0 Å². The zero-order chi connectivity index (χ0) is 18.3. The third kappa shape index (κ3) is 3.21. The third-order valence-corrected chi connectivity index (χ3v) is 5.80. The number of benzene rings is 1. The quantitative estimate of drug-likeness (QED) is 0.742. The lowest BCUT2D eigenvalue weighted by Crippen LogP contribution is -2.37. The Morgan fingerprint density at radius 2 is 2.12 bits per heavy atom. The number of fused-ring (bicyclic) bond motifs is 1. The number of nitrogens with one attached hydrogen (secondary N) is 1. The van der Waals surface area contributed by atoms with Crippen LogP contribution in [-0.4, -0.2) is 38.8 Å². The van der Waals surface area contributed by atoms with Crippen LogP contribution in [0, 0.1) is 6.92 Å². The van der Waals surface area contributed by atoms with Crippen molar-refractivity contribution in [3.8, 4) is 0 Å². The number of rotatable bonds is 3. The van der Waals surface area contributed by atoms with Crippen LogP contribution in [0.3, 0.4) is 0 Å². The molecule has 0 aliphatic carbocycles. The molecule has 0 saturated carbocycles. The molecule has 0 spiro atoms. The molecule has 1 amide bonds. The highest BCUT2D eigenvalue weighted by atomic mass is 32.1. The molecule has 1 N–H and O–H groups in total. The van der Waals surface area contributed by atoms with Crippen LogP contribution >= 0.6 is 11.3 Å². The molecule has 8 heteroatoms. The van der Waals surface area contributed by atoms with E-state index < -0.39 is 6.43 Å². The van der Waals surface area contributed by atoms with Crippen molar-refractivity contribution in [1.29, 1.82) is 0 Å². The molecule has 1 saturated heterocycles. The van der Waals surface area contributed by atoms with Crippen LogP contribution in [0.15, 0.2) is 24.4 Å². The fraction of sp³-hybridized carbons (Fsp3) is 0.389. The summed E-state index contributed by atoms with van der Waals surface area (Å²) in [5.74, 6) is -0.0422. The van der Waals surface area contributed by atoms with Gasteiger partial charge in [-0.1, -0.05) is 0 Å². The predicted octanol–water partition coefficient (Wildman–Crippen LogP) is 4.29. The number of likely N-dealkylation sites (tertiary alicyclic amines) is 1. The lowest BCUT2D eigenvalue weighted by atomic mass is 9.97. The van der Waals surface area contributed by atoms with E-state index in [9.17, 15) is 13.6 Å². The van der Waals surface area contributed by atoms with Gasteiger partial charge < -0.3 is 9.88 Å². The molecule has 0 atom stereocenters. The first-order valence-electron chi connectivity index (χ1n) is 8.50. The van der Waals surface area contributed by atoms with Crippen molar-refractivity contribution < 1.29 is 13.6 Å². The number of amides is 1.